The zero-order valence-corrected chi connectivity index (χ0v) is 21.4. The average Bonchev–Trinajstić information content (AvgIpc) is 3.25. The summed E-state index contributed by atoms with van der Waals surface area (Å²) >= 11 is 8.87. The summed E-state index contributed by atoms with van der Waals surface area (Å²) in [7, 11) is 2.91. The predicted octanol–water partition coefficient (Wildman–Crippen LogP) is 4.43. The van der Waals surface area contributed by atoms with E-state index in [1.54, 1.807) is 30.3 Å². The van der Waals surface area contributed by atoms with Crippen LogP contribution in [0.2, 0.25) is 5.02 Å². The van der Waals surface area contributed by atoms with E-state index in [1.807, 2.05) is 22.6 Å². The smallest absolute Gasteiger partial charge is 0.342 e. The number of hydrogen-bond acceptors (Lipinski definition) is 8. The fourth-order valence-electron chi connectivity index (χ4n) is 2.76. The highest BCUT2D eigenvalue weighted by Gasteiger charge is 2.18. The van der Waals surface area contributed by atoms with Crippen molar-refractivity contribution in [3.05, 3.63) is 49.4 Å². The van der Waals surface area contributed by atoms with E-state index >= 15 is 0 Å². The first-order chi connectivity index (χ1) is 16.2. The molecule has 0 unspecified atom stereocenters. The lowest BCUT2D eigenvalue weighted by atomic mass is 10.2. The minimum atomic E-state index is -1.18. The maximum atomic E-state index is 11.9. The van der Waals surface area contributed by atoms with E-state index in [0.717, 1.165) is 11.8 Å². The molecule has 1 heterocycles. The van der Waals surface area contributed by atoms with Gasteiger partial charge in [-0.05, 0) is 76.3 Å². The zero-order valence-electron chi connectivity index (χ0n) is 17.7. The second kappa shape index (κ2) is 11.4. The number of aliphatic carboxylic acids is 2. The van der Waals surface area contributed by atoms with Gasteiger partial charge in [0.15, 0.2) is 23.9 Å². The monoisotopic (exact) mass is 617 g/mol. The van der Waals surface area contributed by atoms with Crippen molar-refractivity contribution in [1.29, 1.82) is 0 Å². The highest BCUT2D eigenvalue weighted by atomic mass is 127. The summed E-state index contributed by atoms with van der Waals surface area (Å²) in [6.45, 7) is -0.539. The number of carbonyl (C=O) groups is 2. The zero-order chi connectivity index (χ0) is 24.8. The predicted molar refractivity (Wildman–Crippen MR) is 134 cm³/mol. The molecule has 13 heteroatoms. The van der Waals surface area contributed by atoms with Crippen LogP contribution in [0.15, 0.2) is 40.4 Å². The Morgan fingerprint density at radius 2 is 1.91 bits per heavy atom. The van der Waals surface area contributed by atoms with Gasteiger partial charge in [0, 0.05) is 5.02 Å². The van der Waals surface area contributed by atoms with Crippen molar-refractivity contribution < 1.29 is 34.0 Å². The molecule has 1 aromatic heterocycles. The molecule has 3 N–H and O–H groups in total. The molecular formula is C21H17ClIN3O7S. The number of ether oxygens (including phenoxy) is 3. The third-order valence-electron chi connectivity index (χ3n) is 4.18. The number of rotatable bonds is 10. The summed E-state index contributed by atoms with van der Waals surface area (Å²) in [6.07, 6.45) is 1.43. The Bertz CT molecular complexity index is 1270. The Morgan fingerprint density at radius 3 is 2.56 bits per heavy atom. The van der Waals surface area contributed by atoms with Crippen molar-refractivity contribution in [3.8, 4) is 28.6 Å². The van der Waals surface area contributed by atoms with Crippen LogP contribution in [0.3, 0.4) is 0 Å². The molecule has 3 rings (SSSR count). The van der Waals surface area contributed by atoms with Gasteiger partial charge in [0.2, 0.25) is 5.16 Å². The molecule has 10 nitrogen and oxygen atoms in total. The SMILES string of the molecule is COc1ccc(Cl)cc1-c1nc(S/C(=C\c2cc(I)c(OCC(=O)O)c(OC)c2)C(=O)O)n[nH]1. The van der Waals surface area contributed by atoms with Gasteiger partial charge in [-0.15, -0.1) is 5.10 Å². The van der Waals surface area contributed by atoms with E-state index in [4.69, 9.17) is 30.9 Å². The highest BCUT2D eigenvalue weighted by molar-refractivity contribution is 14.1. The van der Waals surface area contributed by atoms with Crippen molar-refractivity contribution >= 4 is 64.0 Å². The normalized spacial score (nSPS) is 11.2. The summed E-state index contributed by atoms with van der Waals surface area (Å²) < 4.78 is 16.4. The van der Waals surface area contributed by atoms with Crippen LogP contribution in [0.5, 0.6) is 17.2 Å². The van der Waals surface area contributed by atoms with Gasteiger partial charge in [-0.3, -0.25) is 5.10 Å². The van der Waals surface area contributed by atoms with Crippen molar-refractivity contribution in [2.75, 3.05) is 20.8 Å². The second-order valence-corrected chi connectivity index (χ2v) is 9.05. The van der Waals surface area contributed by atoms with Crippen LogP contribution >= 0.6 is 46.0 Å². The number of halogens is 2. The molecule has 0 aliphatic carbocycles. The lowest BCUT2D eigenvalue weighted by Gasteiger charge is -2.12. The molecule has 0 fully saturated rings. The molecule has 0 saturated heterocycles. The number of nitrogens with one attached hydrogen (secondary N) is 1. The Kier molecular flexibility index (Phi) is 8.63. The number of aromatic nitrogens is 3. The maximum absolute atomic E-state index is 11.9. The van der Waals surface area contributed by atoms with E-state index in [9.17, 15) is 14.7 Å². The number of nitrogens with zero attached hydrogens (tertiary/aromatic N) is 2. The van der Waals surface area contributed by atoms with Crippen LogP contribution in [0.4, 0.5) is 0 Å². The molecule has 0 radical (unpaired) electrons. The van der Waals surface area contributed by atoms with Gasteiger partial charge >= 0.3 is 11.9 Å². The largest absolute Gasteiger partial charge is 0.496 e. The van der Waals surface area contributed by atoms with E-state index in [2.05, 4.69) is 15.2 Å². The van der Waals surface area contributed by atoms with Gasteiger partial charge < -0.3 is 24.4 Å². The fraction of sp³-hybridized carbons (Fsp3) is 0.143. The molecule has 0 bridgehead atoms. The fourth-order valence-corrected chi connectivity index (χ4v) is 4.42. The Labute approximate surface area is 216 Å². The Hall–Kier alpha value is -2.97. The first kappa shape index (κ1) is 25.6. The minimum absolute atomic E-state index is 0.0549. The number of hydrogen-bond donors (Lipinski definition) is 3. The minimum Gasteiger partial charge on any atom is -0.496 e. The lowest BCUT2D eigenvalue weighted by Crippen LogP contribution is -2.11. The van der Waals surface area contributed by atoms with Gasteiger partial charge in [0.1, 0.15) is 10.7 Å². The van der Waals surface area contributed by atoms with Crippen LogP contribution in [-0.4, -0.2) is 58.2 Å². The van der Waals surface area contributed by atoms with E-state index in [-0.39, 0.29) is 21.6 Å². The van der Waals surface area contributed by atoms with E-state index in [1.165, 1.54) is 20.3 Å². The Morgan fingerprint density at radius 1 is 1.18 bits per heavy atom. The van der Waals surface area contributed by atoms with Gasteiger partial charge in [-0.2, -0.15) is 0 Å². The summed E-state index contributed by atoms with van der Waals surface area (Å²) in [5, 5.41) is 26.1. The molecular weight excluding hydrogens is 601 g/mol. The molecule has 0 aliphatic heterocycles. The number of thioether (sulfide) groups is 1. The molecule has 3 aromatic rings. The highest BCUT2D eigenvalue weighted by Crippen LogP contribution is 2.36. The number of aromatic amines is 1. The molecule has 2 aromatic carbocycles. The van der Waals surface area contributed by atoms with Crippen LogP contribution in [0.1, 0.15) is 5.56 Å². The summed E-state index contributed by atoms with van der Waals surface area (Å²) in [5.41, 5.74) is 1.08. The molecule has 0 amide bonds. The summed E-state index contributed by atoms with van der Waals surface area (Å²) in [4.78, 5) is 27.0. The summed E-state index contributed by atoms with van der Waals surface area (Å²) in [5.74, 6) is -0.908. The molecule has 0 aliphatic rings. The van der Waals surface area contributed by atoms with Crippen LogP contribution in [0.25, 0.3) is 17.5 Å². The average molecular weight is 618 g/mol. The molecule has 34 heavy (non-hydrogen) atoms. The van der Waals surface area contributed by atoms with Crippen molar-refractivity contribution in [3.63, 3.8) is 0 Å². The molecule has 178 valence electrons. The van der Waals surface area contributed by atoms with E-state index < -0.39 is 18.5 Å². The quantitative estimate of drug-likeness (QED) is 0.170. The molecule has 0 atom stereocenters. The van der Waals surface area contributed by atoms with Gasteiger partial charge in [0.25, 0.3) is 0 Å². The van der Waals surface area contributed by atoms with Crippen LogP contribution in [0, 0.1) is 3.57 Å². The topological polar surface area (TPSA) is 144 Å². The third-order valence-corrected chi connectivity index (χ3v) is 6.10. The van der Waals surface area contributed by atoms with Crippen LogP contribution in [-0.2, 0) is 9.59 Å². The van der Waals surface area contributed by atoms with Crippen LogP contribution < -0.4 is 14.2 Å². The van der Waals surface area contributed by atoms with Crippen molar-refractivity contribution in [2.45, 2.75) is 5.16 Å². The van der Waals surface area contributed by atoms with Gasteiger partial charge in [-0.25, -0.2) is 14.6 Å². The summed E-state index contributed by atoms with van der Waals surface area (Å²) in [6, 6.07) is 8.21. The maximum Gasteiger partial charge on any atom is 0.342 e. The number of carboxylic acids is 2. The van der Waals surface area contributed by atoms with Gasteiger partial charge in [0.05, 0.1) is 23.4 Å². The first-order valence-corrected chi connectivity index (χ1v) is 11.6. The number of H-pyrrole nitrogens is 1. The molecule has 0 spiro atoms. The standard InChI is InChI=1S/C21H17ClIN3O7S/c1-31-14-4-3-11(22)8-12(14)19-24-21(26-25-19)34-16(20(29)30)7-10-5-13(23)18(15(6-10)32-2)33-9-17(27)28/h3-8H,9H2,1-2H3,(H,27,28)(H,29,30)(H,24,25,26)/b16-7-. The van der Waals surface area contributed by atoms with Gasteiger partial charge in [-0.1, -0.05) is 11.6 Å². The number of methoxy groups -OCH3 is 2. The lowest BCUT2D eigenvalue weighted by molar-refractivity contribution is -0.139. The first-order valence-electron chi connectivity index (χ1n) is 9.33. The van der Waals surface area contributed by atoms with Crippen molar-refractivity contribution in [2.24, 2.45) is 0 Å². The second-order valence-electron chi connectivity index (χ2n) is 6.44. The van der Waals surface area contributed by atoms with Crippen molar-refractivity contribution in [1.82, 2.24) is 15.2 Å². The third kappa shape index (κ3) is 6.33. The van der Waals surface area contributed by atoms with E-state index in [0.29, 0.717) is 31.3 Å². The number of carboxylic acid groups (broad SMARTS) is 2. The number of benzene rings is 2. The Balaban J connectivity index is 1.90. The molecule has 0 saturated carbocycles.